The van der Waals surface area contributed by atoms with Crippen molar-refractivity contribution in [2.45, 2.75) is 71.8 Å². The Balaban J connectivity index is 1.74. The fraction of sp³-hybridized carbons (Fsp3) is 0.464. The second-order valence-corrected chi connectivity index (χ2v) is 10.4. The van der Waals surface area contributed by atoms with Crippen molar-refractivity contribution >= 4 is 17.9 Å². The summed E-state index contributed by atoms with van der Waals surface area (Å²) < 4.78 is 10.8. The Hall–Kier alpha value is -3.55. The number of hydrogen-bond donors (Lipinski definition) is 2. The minimum Gasteiger partial charge on any atom is -0.497 e. The van der Waals surface area contributed by atoms with E-state index in [-0.39, 0.29) is 24.3 Å². The molecule has 0 aliphatic carbocycles. The third-order valence-electron chi connectivity index (χ3n) is 6.05. The van der Waals surface area contributed by atoms with Gasteiger partial charge in [0.05, 0.1) is 13.7 Å². The van der Waals surface area contributed by atoms with Crippen LogP contribution in [0, 0.1) is 5.92 Å². The lowest BCUT2D eigenvalue weighted by Gasteiger charge is -2.37. The summed E-state index contributed by atoms with van der Waals surface area (Å²) in [4.78, 5) is 41.0. The van der Waals surface area contributed by atoms with Crippen LogP contribution in [0.2, 0.25) is 0 Å². The summed E-state index contributed by atoms with van der Waals surface area (Å²) >= 11 is 0. The lowest BCUT2D eigenvalue weighted by atomic mass is 9.93. The first-order valence-corrected chi connectivity index (χ1v) is 12.3. The molecule has 3 rings (SSSR count). The van der Waals surface area contributed by atoms with E-state index in [4.69, 9.17) is 9.47 Å². The predicted molar refractivity (Wildman–Crippen MR) is 137 cm³/mol. The van der Waals surface area contributed by atoms with Crippen LogP contribution in [0.1, 0.15) is 51.3 Å². The average Bonchev–Trinajstić information content (AvgIpc) is 2.83. The molecule has 0 saturated heterocycles. The van der Waals surface area contributed by atoms with Crippen LogP contribution in [0.25, 0.3) is 0 Å². The summed E-state index contributed by atoms with van der Waals surface area (Å²) in [5.74, 6) is -0.0838. The molecule has 1 heterocycles. The van der Waals surface area contributed by atoms with E-state index in [1.54, 1.807) is 27.9 Å². The largest absolute Gasteiger partial charge is 0.497 e. The number of methoxy groups -OCH3 is 1. The van der Waals surface area contributed by atoms with E-state index >= 15 is 0 Å². The van der Waals surface area contributed by atoms with E-state index < -0.39 is 23.8 Å². The first-order chi connectivity index (χ1) is 17.0. The van der Waals surface area contributed by atoms with Gasteiger partial charge in [-0.15, -0.1) is 0 Å². The molecular weight excluding hydrogens is 458 g/mol. The molecule has 0 spiro atoms. The normalized spacial score (nSPS) is 16.1. The molecule has 1 aliphatic rings. The molecule has 2 atom stereocenters. The van der Waals surface area contributed by atoms with Gasteiger partial charge in [0.2, 0.25) is 11.8 Å². The highest BCUT2D eigenvalue weighted by atomic mass is 16.6. The SMILES string of the molecule is COc1ccc(CNC(=O)[C@@H](NC(=O)[C@@H]2Cc3ccccc3CN2C(=O)OC(C)(C)C)C(C)C)cc1. The minimum atomic E-state index is -0.787. The van der Waals surface area contributed by atoms with Crippen LogP contribution in [0.5, 0.6) is 5.75 Å². The van der Waals surface area contributed by atoms with E-state index in [0.29, 0.717) is 13.0 Å². The molecule has 2 aromatic rings. The van der Waals surface area contributed by atoms with Crippen molar-refractivity contribution in [3.63, 3.8) is 0 Å². The number of hydrogen-bond acceptors (Lipinski definition) is 5. The summed E-state index contributed by atoms with van der Waals surface area (Å²) in [7, 11) is 1.60. The van der Waals surface area contributed by atoms with Crippen molar-refractivity contribution in [1.82, 2.24) is 15.5 Å². The summed E-state index contributed by atoms with van der Waals surface area (Å²) in [6.45, 7) is 9.71. The minimum absolute atomic E-state index is 0.157. The third kappa shape index (κ3) is 6.99. The lowest BCUT2D eigenvalue weighted by Crippen LogP contribution is -2.58. The number of carbonyl (C=O) groups is 3. The van der Waals surface area contributed by atoms with Crippen LogP contribution < -0.4 is 15.4 Å². The summed E-state index contributed by atoms with van der Waals surface area (Å²) in [6.07, 6.45) is -0.207. The van der Waals surface area contributed by atoms with Gasteiger partial charge in [-0.05, 0) is 55.5 Å². The molecule has 0 aromatic heterocycles. The lowest BCUT2D eigenvalue weighted by molar-refractivity contribution is -0.133. The zero-order valence-electron chi connectivity index (χ0n) is 22.0. The van der Waals surface area contributed by atoms with Crippen LogP contribution in [-0.2, 0) is 33.8 Å². The zero-order chi connectivity index (χ0) is 26.5. The van der Waals surface area contributed by atoms with Crippen molar-refractivity contribution in [3.05, 3.63) is 65.2 Å². The highest BCUT2D eigenvalue weighted by molar-refractivity contribution is 5.92. The molecular formula is C28H37N3O5. The highest BCUT2D eigenvalue weighted by Gasteiger charge is 2.38. The Kier molecular flexibility index (Phi) is 8.61. The van der Waals surface area contributed by atoms with Gasteiger partial charge in [-0.25, -0.2) is 4.79 Å². The second kappa shape index (κ2) is 11.5. The van der Waals surface area contributed by atoms with Crippen LogP contribution in [0.3, 0.4) is 0 Å². The van der Waals surface area contributed by atoms with Gasteiger partial charge in [-0.1, -0.05) is 50.2 Å². The summed E-state index contributed by atoms with van der Waals surface area (Å²) in [6, 6.07) is 13.6. The molecule has 0 bridgehead atoms. The maximum atomic E-state index is 13.5. The molecule has 0 unspecified atom stereocenters. The van der Waals surface area contributed by atoms with Crippen molar-refractivity contribution in [1.29, 1.82) is 0 Å². The Bertz CT molecular complexity index is 1080. The van der Waals surface area contributed by atoms with Gasteiger partial charge in [-0.2, -0.15) is 0 Å². The number of nitrogens with one attached hydrogen (secondary N) is 2. The Morgan fingerprint density at radius 2 is 1.67 bits per heavy atom. The molecule has 2 N–H and O–H groups in total. The highest BCUT2D eigenvalue weighted by Crippen LogP contribution is 2.26. The average molecular weight is 496 g/mol. The molecule has 0 fully saturated rings. The van der Waals surface area contributed by atoms with Gasteiger partial charge in [0.15, 0.2) is 0 Å². The van der Waals surface area contributed by atoms with Crippen molar-refractivity contribution < 1.29 is 23.9 Å². The number of amides is 3. The van der Waals surface area contributed by atoms with Gasteiger partial charge in [0.25, 0.3) is 0 Å². The number of benzene rings is 2. The molecule has 8 nitrogen and oxygen atoms in total. The number of carbonyl (C=O) groups excluding carboxylic acids is 3. The van der Waals surface area contributed by atoms with Crippen LogP contribution in [0.15, 0.2) is 48.5 Å². The summed E-state index contributed by atoms with van der Waals surface area (Å²) in [5, 5.41) is 5.81. The van der Waals surface area contributed by atoms with Crippen molar-refractivity contribution in [2.24, 2.45) is 5.92 Å². The number of rotatable bonds is 7. The fourth-order valence-corrected chi connectivity index (χ4v) is 4.10. The second-order valence-electron chi connectivity index (χ2n) is 10.4. The predicted octanol–water partition coefficient (Wildman–Crippen LogP) is 3.81. The van der Waals surface area contributed by atoms with Crippen molar-refractivity contribution in [2.75, 3.05) is 7.11 Å². The van der Waals surface area contributed by atoms with Crippen LogP contribution >= 0.6 is 0 Å². The first kappa shape index (κ1) is 27.0. The molecule has 36 heavy (non-hydrogen) atoms. The summed E-state index contributed by atoms with van der Waals surface area (Å²) in [5.41, 5.74) is 2.20. The van der Waals surface area contributed by atoms with E-state index in [1.165, 1.54) is 4.90 Å². The standard InChI is InChI=1S/C28H37N3O5/c1-18(2)24(26(33)29-16-19-11-13-22(35-6)14-12-19)30-25(32)23-15-20-9-7-8-10-21(20)17-31(23)27(34)36-28(3,4)5/h7-14,18,23-24H,15-17H2,1-6H3,(H,29,33)(H,30,32)/t23-,24-/m0/s1. The smallest absolute Gasteiger partial charge is 0.411 e. The number of ether oxygens (including phenoxy) is 2. The molecule has 2 aromatic carbocycles. The number of nitrogens with zero attached hydrogens (tertiary/aromatic N) is 1. The maximum absolute atomic E-state index is 13.5. The molecule has 1 aliphatic heterocycles. The van der Waals surface area contributed by atoms with E-state index in [2.05, 4.69) is 10.6 Å². The fourth-order valence-electron chi connectivity index (χ4n) is 4.10. The molecule has 3 amide bonds. The molecule has 0 saturated carbocycles. The van der Waals surface area contributed by atoms with Crippen LogP contribution in [0.4, 0.5) is 4.79 Å². The van der Waals surface area contributed by atoms with Gasteiger partial charge in [-0.3, -0.25) is 14.5 Å². The third-order valence-corrected chi connectivity index (χ3v) is 6.05. The maximum Gasteiger partial charge on any atom is 0.411 e. The van der Waals surface area contributed by atoms with Gasteiger partial charge in [0, 0.05) is 13.0 Å². The van der Waals surface area contributed by atoms with Gasteiger partial charge < -0.3 is 20.1 Å². The van der Waals surface area contributed by atoms with Crippen molar-refractivity contribution in [3.8, 4) is 5.75 Å². The van der Waals surface area contributed by atoms with E-state index in [9.17, 15) is 14.4 Å². The van der Waals surface area contributed by atoms with Crippen LogP contribution in [-0.4, -0.2) is 47.6 Å². The molecule has 194 valence electrons. The zero-order valence-corrected chi connectivity index (χ0v) is 22.0. The Labute approximate surface area is 213 Å². The first-order valence-electron chi connectivity index (χ1n) is 12.3. The number of fused-ring (bicyclic) bond motifs is 1. The monoisotopic (exact) mass is 495 g/mol. The molecule has 0 radical (unpaired) electrons. The Morgan fingerprint density at radius 1 is 1.03 bits per heavy atom. The molecule has 8 heteroatoms. The van der Waals surface area contributed by atoms with Gasteiger partial charge >= 0.3 is 6.09 Å². The van der Waals surface area contributed by atoms with E-state index in [0.717, 1.165) is 22.4 Å². The topological polar surface area (TPSA) is 97.0 Å². The Morgan fingerprint density at radius 3 is 2.25 bits per heavy atom. The van der Waals surface area contributed by atoms with E-state index in [1.807, 2.05) is 62.4 Å². The quantitative estimate of drug-likeness (QED) is 0.609. The van der Waals surface area contributed by atoms with Gasteiger partial charge in [0.1, 0.15) is 23.4 Å².